The van der Waals surface area contributed by atoms with Gasteiger partial charge in [0, 0.05) is 31.0 Å². The molecule has 1 amide bonds. The van der Waals surface area contributed by atoms with Gasteiger partial charge >= 0.3 is 5.97 Å². The van der Waals surface area contributed by atoms with Gasteiger partial charge in [-0.1, -0.05) is 90.4 Å². The second kappa shape index (κ2) is 11.0. The molecule has 7 rings (SSSR count). The molecule has 0 bridgehead atoms. The maximum atomic E-state index is 13.6. The van der Waals surface area contributed by atoms with E-state index in [4.69, 9.17) is 9.97 Å². The molecule has 0 saturated heterocycles. The van der Waals surface area contributed by atoms with Gasteiger partial charge in [0.2, 0.25) is 0 Å². The van der Waals surface area contributed by atoms with Crippen LogP contribution in [0.5, 0.6) is 0 Å². The summed E-state index contributed by atoms with van der Waals surface area (Å²) in [5.74, 6) is 1.25. The van der Waals surface area contributed by atoms with Gasteiger partial charge in [0.05, 0.1) is 11.1 Å². The van der Waals surface area contributed by atoms with Gasteiger partial charge in [-0.3, -0.25) is 9.59 Å². The number of hydrogen-bond acceptors (Lipinski definition) is 4. The molecule has 5 aliphatic rings. The van der Waals surface area contributed by atoms with Gasteiger partial charge < -0.3 is 10.0 Å². The van der Waals surface area contributed by atoms with Crippen LogP contribution in [0.3, 0.4) is 0 Å². The zero-order chi connectivity index (χ0) is 35.5. The summed E-state index contributed by atoms with van der Waals surface area (Å²) >= 11 is 0. The molecule has 2 aromatic rings. The van der Waals surface area contributed by atoms with Crippen LogP contribution in [0.2, 0.25) is 0 Å². The van der Waals surface area contributed by atoms with Crippen molar-refractivity contribution >= 4 is 11.9 Å². The van der Waals surface area contributed by atoms with E-state index in [0.717, 1.165) is 69.0 Å². The van der Waals surface area contributed by atoms with Crippen molar-refractivity contribution in [2.75, 3.05) is 14.1 Å². The van der Waals surface area contributed by atoms with Gasteiger partial charge in [0.25, 0.3) is 5.91 Å². The Balaban J connectivity index is 1.38. The largest absolute Gasteiger partial charge is 0.481 e. The van der Waals surface area contributed by atoms with Crippen molar-refractivity contribution in [2.45, 2.75) is 119 Å². The SMILES string of the molecule is Cc1nc(C(=O)N(C)C)c2c(n1)C(C)(C)[C@@H]1CC[C@]3(C)[C@H](CC=C4[C@H]5[C@](C(=O)O)(CC[C@@H](C)[C@]5(C)Cc5ccccc5)CC[C@]43C)[C@@]1(C)C2. The Hall–Kier alpha value is -3.02. The molecule has 3 fully saturated rings. The number of fused-ring (bicyclic) bond motifs is 8. The summed E-state index contributed by atoms with van der Waals surface area (Å²) < 4.78 is 0. The van der Waals surface area contributed by atoms with Gasteiger partial charge in [-0.25, -0.2) is 9.97 Å². The van der Waals surface area contributed by atoms with Crippen LogP contribution in [0.1, 0.15) is 127 Å². The molecule has 0 unspecified atom stereocenters. The van der Waals surface area contributed by atoms with Crippen LogP contribution < -0.4 is 0 Å². The standard InChI is InChI=1S/C43H59N3O3/c1-26-18-21-43(37(48)49)23-22-41(7)30(34(43)39(26,5)24-28-14-12-11-13-15-28)16-17-32-40(6)25-29-33(36(47)46(9)10)44-27(2)45-35(29)38(3,4)31(40)19-20-42(32,41)8/h11-16,26,31-32,34H,17-25H2,1-10H3,(H,48,49)/t26-,31+,32-,34-,39+,40+,41-,42-,43+/m1/s1. The smallest absolute Gasteiger partial charge is 0.310 e. The Kier molecular flexibility index (Phi) is 7.72. The number of aromatic nitrogens is 2. The predicted molar refractivity (Wildman–Crippen MR) is 194 cm³/mol. The van der Waals surface area contributed by atoms with Crippen LogP contribution >= 0.6 is 0 Å². The Labute approximate surface area is 294 Å². The number of carboxylic acid groups (broad SMARTS) is 1. The molecular weight excluding hydrogens is 606 g/mol. The first-order chi connectivity index (χ1) is 22.9. The van der Waals surface area contributed by atoms with E-state index in [2.05, 4.69) is 84.9 Å². The van der Waals surface area contributed by atoms with Crippen molar-refractivity contribution in [1.82, 2.24) is 14.9 Å². The quantitative estimate of drug-likeness (QED) is 0.330. The molecule has 264 valence electrons. The van der Waals surface area contributed by atoms with Crippen molar-refractivity contribution in [3.8, 4) is 0 Å². The zero-order valence-electron chi connectivity index (χ0n) is 31.7. The van der Waals surface area contributed by atoms with Crippen molar-refractivity contribution in [2.24, 2.45) is 50.7 Å². The Bertz CT molecular complexity index is 1730. The maximum Gasteiger partial charge on any atom is 0.310 e. The summed E-state index contributed by atoms with van der Waals surface area (Å²) in [7, 11) is 3.63. The van der Waals surface area contributed by atoms with Crippen LogP contribution in [0.4, 0.5) is 0 Å². The number of benzene rings is 1. The lowest BCUT2D eigenvalue weighted by molar-refractivity contribution is -0.188. The first kappa shape index (κ1) is 34.4. The van der Waals surface area contributed by atoms with Gasteiger partial charge in [0.1, 0.15) is 11.5 Å². The summed E-state index contributed by atoms with van der Waals surface area (Å²) in [4.78, 5) is 38.8. The summed E-state index contributed by atoms with van der Waals surface area (Å²) in [6.07, 6.45) is 10.8. The summed E-state index contributed by atoms with van der Waals surface area (Å²) in [5.41, 5.74) is 4.14. The van der Waals surface area contributed by atoms with E-state index in [0.29, 0.717) is 29.3 Å². The molecule has 1 aromatic heterocycles. The molecule has 6 heteroatoms. The minimum absolute atomic E-state index is 0.00674. The second-order valence-corrected chi connectivity index (χ2v) is 18.8. The van der Waals surface area contributed by atoms with E-state index in [-0.39, 0.29) is 38.9 Å². The fourth-order valence-corrected chi connectivity index (χ4v) is 13.3. The molecule has 5 aliphatic carbocycles. The molecule has 0 radical (unpaired) electrons. The Morgan fingerprint density at radius 3 is 2.27 bits per heavy atom. The Morgan fingerprint density at radius 1 is 0.918 bits per heavy atom. The topological polar surface area (TPSA) is 83.4 Å². The van der Waals surface area contributed by atoms with Gasteiger partial charge in [0.15, 0.2) is 0 Å². The average Bonchev–Trinajstić information content (AvgIpc) is 3.03. The molecular formula is C43H59N3O3. The monoisotopic (exact) mass is 665 g/mol. The molecule has 9 atom stereocenters. The number of hydrogen-bond donors (Lipinski definition) is 1. The number of carbonyl (C=O) groups is 2. The highest BCUT2D eigenvalue weighted by atomic mass is 16.4. The number of aryl methyl sites for hydroxylation is 1. The highest BCUT2D eigenvalue weighted by molar-refractivity contribution is 5.94. The van der Waals surface area contributed by atoms with Crippen LogP contribution in [0.25, 0.3) is 0 Å². The molecule has 1 N–H and O–H groups in total. The van der Waals surface area contributed by atoms with E-state index in [1.54, 1.807) is 4.90 Å². The van der Waals surface area contributed by atoms with Crippen molar-refractivity contribution in [1.29, 1.82) is 0 Å². The number of aliphatic carboxylic acids is 1. The van der Waals surface area contributed by atoms with Gasteiger partial charge in [-0.15, -0.1) is 0 Å². The third-order valence-electron chi connectivity index (χ3n) is 16.1. The van der Waals surface area contributed by atoms with Crippen molar-refractivity contribution in [3.63, 3.8) is 0 Å². The Morgan fingerprint density at radius 2 is 1.61 bits per heavy atom. The van der Waals surface area contributed by atoms with Crippen LogP contribution in [-0.2, 0) is 23.1 Å². The molecule has 1 aromatic carbocycles. The number of carbonyl (C=O) groups excluding carboxylic acids is 1. The minimum atomic E-state index is -0.728. The lowest BCUT2D eigenvalue weighted by atomic mass is 9.32. The third kappa shape index (κ3) is 4.49. The number of rotatable bonds is 4. The van der Waals surface area contributed by atoms with Crippen molar-refractivity contribution < 1.29 is 14.7 Å². The fraction of sp³-hybridized carbons (Fsp3) is 0.674. The van der Waals surface area contributed by atoms with Gasteiger partial charge in [-0.2, -0.15) is 0 Å². The molecule has 0 spiro atoms. The van der Waals surface area contributed by atoms with E-state index in [9.17, 15) is 14.7 Å². The van der Waals surface area contributed by atoms with Crippen LogP contribution in [0.15, 0.2) is 42.0 Å². The predicted octanol–water partition coefficient (Wildman–Crippen LogP) is 8.86. The highest BCUT2D eigenvalue weighted by Crippen LogP contribution is 2.76. The van der Waals surface area contributed by atoms with E-state index in [1.807, 2.05) is 21.0 Å². The molecule has 1 heterocycles. The normalized spacial score (nSPS) is 40.4. The number of nitrogens with zero attached hydrogens (tertiary/aromatic N) is 3. The number of carboxylic acids is 1. The second-order valence-electron chi connectivity index (χ2n) is 18.8. The fourth-order valence-electron chi connectivity index (χ4n) is 13.3. The lowest BCUT2D eigenvalue weighted by Gasteiger charge is -2.72. The van der Waals surface area contributed by atoms with E-state index < -0.39 is 11.4 Å². The minimum Gasteiger partial charge on any atom is -0.481 e. The molecule has 3 saturated carbocycles. The molecule has 49 heavy (non-hydrogen) atoms. The van der Waals surface area contributed by atoms with Crippen LogP contribution in [-0.4, -0.2) is 45.9 Å². The first-order valence-electron chi connectivity index (χ1n) is 18.9. The highest BCUT2D eigenvalue weighted by Gasteiger charge is 2.71. The average molecular weight is 666 g/mol. The molecule has 6 nitrogen and oxygen atoms in total. The summed E-state index contributed by atoms with van der Waals surface area (Å²) in [5, 5.41) is 11.2. The number of amides is 1. The third-order valence-corrected chi connectivity index (χ3v) is 16.1. The first-order valence-corrected chi connectivity index (χ1v) is 18.9. The maximum absolute atomic E-state index is 13.6. The van der Waals surface area contributed by atoms with Crippen LogP contribution in [0, 0.1) is 57.7 Å². The summed E-state index contributed by atoms with van der Waals surface area (Å²) in [6.45, 7) is 19.1. The zero-order valence-corrected chi connectivity index (χ0v) is 31.7. The van der Waals surface area contributed by atoms with E-state index in [1.165, 1.54) is 11.1 Å². The lowest BCUT2D eigenvalue weighted by Crippen LogP contribution is -2.66. The van der Waals surface area contributed by atoms with E-state index >= 15 is 0 Å². The van der Waals surface area contributed by atoms with Crippen molar-refractivity contribution in [3.05, 3.63) is 70.3 Å². The number of allylic oxidation sites excluding steroid dienone is 2. The summed E-state index contributed by atoms with van der Waals surface area (Å²) in [6, 6.07) is 10.8. The van der Waals surface area contributed by atoms with Gasteiger partial charge in [-0.05, 0) is 110 Å². The molecule has 0 aliphatic heterocycles.